The normalized spacial score (nSPS) is 27.4. The van der Waals surface area contributed by atoms with Crippen molar-refractivity contribution in [1.29, 1.82) is 0 Å². The van der Waals surface area contributed by atoms with Crippen molar-refractivity contribution in [2.45, 2.75) is 72.1 Å². The first kappa shape index (κ1) is 12.1. The first-order chi connectivity index (χ1) is 6.81. The molecule has 0 aliphatic heterocycles. The summed E-state index contributed by atoms with van der Waals surface area (Å²) in [5.41, 5.74) is 0. The van der Waals surface area contributed by atoms with Crippen LogP contribution >= 0.6 is 0 Å². The molecule has 0 bridgehead atoms. The van der Waals surface area contributed by atoms with Gasteiger partial charge in [-0.1, -0.05) is 59.3 Å². The van der Waals surface area contributed by atoms with Crippen molar-refractivity contribution in [2.24, 2.45) is 17.8 Å². The highest BCUT2D eigenvalue weighted by Crippen LogP contribution is 2.40. The fraction of sp³-hybridized carbons (Fsp3) is 1.00. The van der Waals surface area contributed by atoms with E-state index in [0.29, 0.717) is 0 Å². The van der Waals surface area contributed by atoms with Crippen LogP contribution in [0.1, 0.15) is 72.1 Å². The average molecular weight is 196 g/mol. The Kier molecular flexibility index (Phi) is 5.59. The topological polar surface area (TPSA) is 0 Å². The van der Waals surface area contributed by atoms with Crippen LogP contribution in [-0.4, -0.2) is 0 Å². The molecule has 1 aliphatic rings. The van der Waals surface area contributed by atoms with Gasteiger partial charge in [0.1, 0.15) is 0 Å². The van der Waals surface area contributed by atoms with Gasteiger partial charge in [-0.15, -0.1) is 0 Å². The van der Waals surface area contributed by atoms with E-state index < -0.39 is 0 Å². The van der Waals surface area contributed by atoms with Crippen molar-refractivity contribution in [1.82, 2.24) is 0 Å². The van der Waals surface area contributed by atoms with Crippen molar-refractivity contribution >= 4 is 0 Å². The third kappa shape index (κ3) is 3.29. The summed E-state index contributed by atoms with van der Waals surface area (Å²) >= 11 is 0. The van der Waals surface area contributed by atoms with Crippen LogP contribution in [0.2, 0.25) is 0 Å². The second-order valence-electron chi connectivity index (χ2n) is 5.18. The van der Waals surface area contributed by atoms with Crippen LogP contribution < -0.4 is 0 Å². The highest BCUT2D eigenvalue weighted by Gasteiger charge is 2.28. The van der Waals surface area contributed by atoms with Crippen LogP contribution in [0.4, 0.5) is 0 Å². The van der Waals surface area contributed by atoms with Gasteiger partial charge in [0.05, 0.1) is 0 Å². The van der Waals surface area contributed by atoms with E-state index in [4.69, 9.17) is 0 Å². The van der Waals surface area contributed by atoms with Crippen molar-refractivity contribution in [2.75, 3.05) is 0 Å². The fourth-order valence-electron chi connectivity index (χ4n) is 3.27. The van der Waals surface area contributed by atoms with Crippen LogP contribution in [0.5, 0.6) is 0 Å². The third-order valence-electron chi connectivity index (χ3n) is 4.14. The minimum Gasteiger partial charge on any atom is -0.0654 e. The first-order valence-corrected chi connectivity index (χ1v) is 6.81. The number of rotatable bonds is 6. The minimum absolute atomic E-state index is 1.06. The summed E-state index contributed by atoms with van der Waals surface area (Å²) in [6.45, 7) is 7.05. The van der Waals surface area contributed by atoms with E-state index in [1.54, 1.807) is 6.42 Å². The second kappa shape index (κ2) is 6.48. The molecule has 2 atom stereocenters. The molecule has 14 heavy (non-hydrogen) atoms. The van der Waals surface area contributed by atoms with Gasteiger partial charge in [0.25, 0.3) is 0 Å². The lowest BCUT2D eigenvalue weighted by Crippen LogP contribution is -2.12. The summed E-state index contributed by atoms with van der Waals surface area (Å²) in [5, 5.41) is 0. The summed E-state index contributed by atoms with van der Waals surface area (Å²) < 4.78 is 0. The van der Waals surface area contributed by atoms with Crippen molar-refractivity contribution in [3.8, 4) is 0 Å². The van der Waals surface area contributed by atoms with Gasteiger partial charge in [0, 0.05) is 0 Å². The van der Waals surface area contributed by atoms with Gasteiger partial charge in [-0.2, -0.15) is 0 Å². The Morgan fingerprint density at radius 3 is 2.07 bits per heavy atom. The number of hydrogen-bond acceptors (Lipinski definition) is 0. The van der Waals surface area contributed by atoms with E-state index in [1.807, 2.05) is 0 Å². The average Bonchev–Trinajstić information content (AvgIpc) is 2.65. The molecule has 0 heterocycles. The quantitative estimate of drug-likeness (QED) is 0.559. The Morgan fingerprint density at radius 2 is 1.64 bits per heavy atom. The molecule has 1 aliphatic carbocycles. The Hall–Kier alpha value is 0. The SMILES string of the molecule is CCCC(CCC)C1CCC(CC)C1. The standard InChI is InChI=1S/C14H28/c1-4-7-13(8-5-2)14-10-9-12(6-3)11-14/h12-14H,4-11H2,1-3H3. The number of hydrogen-bond donors (Lipinski definition) is 0. The van der Waals surface area contributed by atoms with Crippen molar-refractivity contribution < 1.29 is 0 Å². The molecule has 2 unspecified atom stereocenters. The molecule has 0 aromatic heterocycles. The summed E-state index contributed by atoms with van der Waals surface area (Å²) in [4.78, 5) is 0. The van der Waals surface area contributed by atoms with Gasteiger partial charge in [0.15, 0.2) is 0 Å². The van der Waals surface area contributed by atoms with E-state index in [2.05, 4.69) is 20.8 Å². The van der Waals surface area contributed by atoms with Gasteiger partial charge in [-0.25, -0.2) is 0 Å². The van der Waals surface area contributed by atoms with Gasteiger partial charge in [-0.05, 0) is 30.6 Å². The zero-order valence-corrected chi connectivity index (χ0v) is 10.4. The maximum Gasteiger partial charge on any atom is -0.0383 e. The molecule has 0 radical (unpaired) electrons. The molecule has 1 saturated carbocycles. The molecule has 0 amide bonds. The van der Waals surface area contributed by atoms with Gasteiger partial charge in [-0.3, -0.25) is 0 Å². The van der Waals surface area contributed by atoms with Crippen LogP contribution in [0.3, 0.4) is 0 Å². The Morgan fingerprint density at radius 1 is 1.00 bits per heavy atom. The predicted octanol–water partition coefficient (Wildman–Crippen LogP) is 5.03. The molecule has 0 aromatic rings. The molecule has 1 fully saturated rings. The van der Waals surface area contributed by atoms with Crippen LogP contribution in [0.15, 0.2) is 0 Å². The summed E-state index contributed by atoms with van der Waals surface area (Å²) in [5.74, 6) is 3.21. The van der Waals surface area contributed by atoms with Gasteiger partial charge < -0.3 is 0 Å². The summed E-state index contributed by atoms with van der Waals surface area (Å²) in [6, 6.07) is 0. The smallest absolute Gasteiger partial charge is 0.0383 e. The Bertz CT molecular complexity index is 133. The largest absolute Gasteiger partial charge is 0.0654 e. The lowest BCUT2D eigenvalue weighted by atomic mass is 9.83. The van der Waals surface area contributed by atoms with Gasteiger partial charge >= 0.3 is 0 Å². The molecule has 0 heteroatoms. The predicted molar refractivity (Wildman–Crippen MR) is 64.4 cm³/mol. The third-order valence-corrected chi connectivity index (χ3v) is 4.14. The van der Waals surface area contributed by atoms with E-state index in [-0.39, 0.29) is 0 Å². The Labute approximate surface area is 90.5 Å². The first-order valence-electron chi connectivity index (χ1n) is 6.81. The molecule has 84 valence electrons. The zero-order chi connectivity index (χ0) is 10.4. The Balaban J connectivity index is 2.36. The molecule has 0 spiro atoms. The highest BCUT2D eigenvalue weighted by molar-refractivity contribution is 4.79. The van der Waals surface area contributed by atoms with E-state index in [1.165, 1.54) is 44.9 Å². The minimum atomic E-state index is 1.06. The molecular formula is C14H28. The van der Waals surface area contributed by atoms with Crippen molar-refractivity contribution in [3.63, 3.8) is 0 Å². The molecular weight excluding hydrogens is 168 g/mol. The zero-order valence-electron chi connectivity index (χ0n) is 10.4. The maximum atomic E-state index is 2.36. The van der Waals surface area contributed by atoms with Gasteiger partial charge in [0.2, 0.25) is 0 Å². The molecule has 0 saturated heterocycles. The molecule has 0 N–H and O–H groups in total. The fourth-order valence-corrected chi connectivity index (χ4v) is 3.27. The monoisotopic (exact) mass is 196 g/mol. The molecule has 0 aromatic carbocycles. The van der Waals surface area contributed by atoms with E-state index in [0.717, 1.165) is 17.8 Å². The maximum absolute atomic E-state index is 2.36. The summed E-state index contributed by atoms with van der Waals surface area (Å²) in [7, 11) is 0. The molecule has 0 nitrogen and oxygen atoms in total. The van der Waals surface area contributed by atoms with E-state index >= 15 is 0 Å². The molecule has 1 rings (SSSR count). The van der Waals surface area contributed by atoms with Crippen LogP contribution in [-0.2, 0) is 0 Å². The van der Waals surface area contributed by atoms with Crippen molar-refractivity contribution in [3.05, 3.63) is 0 Å². The lowest BCUT2D eigenvalue weighted by Gasteiger charge is -2.22. The van der Waals surface area contributed by atoms with Crippen LogP contribution in [0, 0.1) is 17.8 Å². The lowest BCUT2D eigenvalue weighted by molar-refractivity contribution is 0.285. The van der Waals surface area contributed by atoms with E-state index in [9.17, 15) is 0 Å². The second-order valence-corrected chi connectivity index (χ2v) is 5.18. The highest BCUT2D eigenvalue weighted by atomic mass is 14.3. The van der Waals surface area contributed by atoms with Crippen LogP contribution in [0.25, 0.3) is 0 Å². The summed E-state index contributed by atoms with van der Waals surface area (Å²) in [6.07, 6.45) is 11.7.